The first-order chi connectivity index (χ1) is 11.0. The molecule has 1 aromatic carbocycles. The zero-order valence-corrected chi connectivity index (χ0v) is 15.5. The summed E-state index contributed by atoms with van der Waals surface area (Å²) in [5, 5.41) is 2.56. The minimum atomic E-state index is -4.03. The van der Waals surface area contributed by atoms with E-state index >= 15 is 0 Å². The van der Waals surface area contributed by atoms with Crippen LogP contribution in [0.25, 0.3) is 0 Å². The standard InChI is InChI=1S/C14H19Cl2N3O4S/c1-8(2)5-11(14(17)21)19-13(20)7-18-24(22,23)12-6-9(15)3-4-10(12)16/h3-4,6,8,11,18H,5,7H2,1-2H3,(H2,17,21)(H,19,20)/t11-/m0/s1. The summed E-state index contributed by atoms with van der Waals surface area (Å²) in [5.74, 6) is -1.23. The van der Waals surface area contributed by atoms with E-state index in [9.17, 15) is 18.0 Å². The van der Waals surface area contributed by atoms with E-state index in [-0.39, 0.29) is 20.9 Å². The number of amides is 2. The molecule has 2 amide bonds. The zero-order chi connectivity index (χ0) is 18.5. The Hall–Kier alpha value is -1.35. The van der Waals surface area contributed by atoms with Crippen molar-refractivity contribution < 1.29 is 18.0 Å². The van der Waals surface area contributed by atoms with E-state index < -0.39 is 34.4 Å². The number of carbonyl (C=O) groups excluding carboxylic acids is 2. The lowest BCUT2D eigenvalue weighted by molar-refractivity contribution is -0.127. The molecule has 0 bridgehead atoms. The highest BCUT2D eigenvalue weighted by molar-refractivity contribution is 7.89. The Morgan fingerprint density at radius 3 is 2.42 bits per heavy atom. The van der Waals surface area contributed by atoms with Gasteiger partial charge in [0.1, 0.15) is 10.9 Å². The molecule has 0 fully saturated rings. The van der Waals surface area contributed by atoms with E-state index in [4.69, 9.17) is 28.9 Å². The molecule has 0 spiro atoms. The second kappa shape index (κ2) is 8.66. The molecule has 10 heteroatoms. The number of primary amides is 1. The first-order valence-corrected chi connectivity index (χ1v) is 9.30. The molecule has 24 heavy (non-hydrogen) atoms. The van der Waals surface area contributed by atoms with Gasteiger partial charge < -0.3 is 11.1 Å². The average molecular weight is 396 g/mol. The molecule has 0 aliphatic heterocycles. The van der Waals surface area contributed by atoms with Crippen LogP contribution in [-0.4, -0.2) is 32.8 Å². The van der Waals surface area contributed by atoms with E-state index in [1.54, 1.807) is 0 Å². The Bertz CT molecular complexity index is 723. The molecular weight excluding hydrogens is 377 g/mol. The van der Waals surface area contributed by atoms with Crippen molar-refractivity contribution in [2.45, 2.75) is 31.2 Å². The number of halogens is 2. The highest BCUT2D eigenvalue weighted by Gasteiger charge is 2.22. The first-order valence-electron chi connectivity index (χ1n) is 7.06. The molecule has 0 aliphatic carbocycles. The van der Waals surface area contributed by atoms with Crippen LogP contribution in [0.1, 0.15) is 20.3 Å². The monoisotopic (exact) mass is 395 g/mol. The third-order valence-corrected chi connectivity index (χ3v) is 5.11. The molecule has 0 aromatic heterocycles. The van der Waals surface area contributed by atoms with Crippen LogP contribution in [0.3, 0.4) is 0 Å². The molecule has 0 unspecified atom stereocenters. The van der Waals surface area contributed by atoms with Gasteiger partial charge in [0.2, 0.25) is 21.8 Å². The summed E-state index contributed by atoms with van der Waals surface area (Å²) >= 11 is 11.6. The summed E-state index contributed by atoms with van der Waals surface area (Å²) in [4.78, 5) is 22.9. The number of hydrogen-bond acceptors (Lipinski definition) is 4. The molecule has 0 radical (unpaired) electrons. The molecule has 0 aliphatic rings. The van der Waals surface area contributed by atoms with Crippen molar-refractivity contribution in [2.24, 2.45) is 11.7 Å². The van der Waals surface area contributed by atoms with Crippen LogP contribution in [-0.2, 0) is 19.6 Å². The number of nitrogens with two attached hydrogens (primary N) is 1. The molecule has 1 atom stereocenters. The van der Waals surface area contributed by atoms with Crippen LogP contribution in [0.4, 0.5) is 0 Å². The molecule has 4 N–H and O–H groups in total. The van der Waals surface area contributed by atoms with Gasteiger partial charge in [0.15, 0.2) is 0 Å². The van der Waals surface area contributed by atoms with Crippen LogP contribution in [0.15, 0.2) is 23.1 Å². The van der Waals surface area contributed by atoms with Gasteiger partial charge in [0.25, 0.3) is 0 Å². The van der Waals surface area contributed by atoms with Gasteiger partial charge >= 0.3 is 0 Å². The van der Waals surface area contributed by atoms with E-state index in [0.717, 1.165) is 0 Å². The SMILES string of the molecule is CC(C)C[C@H](NC(=O)CNS(=O)(=O)c1cc(Cl)ccc1Cl)C(N)=O. The normalized spacial score (nSPS) is 12.9. The van der Waals surface area contributed by atoms with E-state index in [1.807, 2.05) is 13.8 Å². The Labute approximate surface area is 150 Å². The molecule has 0 saturated heterocycles. The predicted octanol–water partition coefficient (Wildman–Crippen LogP) is 1.29. The van der Waals surface area contributed by atoms with Gasteiger partial charge in [-0.3, -0.25) is 9.59 Å². The van der Waals surface area contributed by atoms with Gasteiger partial charge in [-0.1, -0.05) is 37.0 Å². The van der Waals surface area contributed by atoms with Gasteiger partial charge in [-0.15, -0.1) is 0 Å². The summed E-state index contributed by atoms with van der Waals surface area (Å²) in [6.45, 7) is 3.17. The smallest absolute Gasteiger partial charge is 0.242 e. The number of carbonyl (C=O) groups is 2. The second-order valence-electron chi connectivity index (χ2n) is 5.55. The molecule has 0 heterocycles. The Kier molecular flexibility index (Phi) is 7.47. The predicted molar refractivity (Wildman–Crippen MR) is 92.2 cm³/mol. The zero-order valence-electron chi connectivity index (χ0n) is 13.2. The lowest BCUT2D eigenvalue weighted by atomic mass is 10.0. The first kappa shape index (κ1) is 20.7. The van der Waals surface area contributed by atoms with Crippen LogP contribution in [0.5, 0.6) is 0 Å². The van der Waals surface area contributed by atoms with Crippen LogP contribution < -0.4 is 15.8 Å². The van der Waals surface area contributed by atoms with Gasteiger partial charge in [-0.05, 0) is 30.5 Å². The minimum absolute atomic E-state index is 0.0258. The van der Waals surface area contributed by atoms with E-state index in [1.165, 1.54) is 18.2 Å². The van der Waals surface area contributed by atoms with Crippen molar-refractivity contribution in [1.29, 1.82) is 0 Å². The van der Waals surface area contributed by atoms with Gasteiger partial charge in [0, 0.05) is 5.02 Å². The quantitative estimate of drug-likeness (QED) is 0.614. The molecular formula is C14H19Cl2N3O4S. The molecule has 1 rings (SSSR count). The maximum atomic E-state index is 12.2. The van der Waals surface area contributed by atoms with E-state index in [2.05, 4.69) is 10.0 Å². The van der Waals surface area contributed by atoms with Crippen LogP contribution >= 0.6 is 23.2 Å². The fourth-order valence-electron chi connectivity index (χ4n) is 1.88. The Balaban J connectivity index is 2.75. The van der Waals surface area contributed by atoms with Gasteiger partial charge in [0.05, 0.1) is 11.6 Å². The minimum Gasteiger partial charge on any atom is -0.368 e. The molecule has 134 valence electrons. The highest BCUT2D eigenvalue weighted by atomic mass is 35.5. The summed E-state index contributed by atoms with van der Waals surface area (Å²) in [6.07, 6.45) is 0.355. The average Bonchev–Trinajstić information content (AvgIpc) is 2.46. The fraction of sp³-hybridized carbons (Fsp3) is 0.429. The maximum absolute atomic E-state index is 12.2. The summed E-state index contributed by atoms with van der Waals surface area (Å²) < 4.78 is 26.5. The Morgan fingerprint density at radius 2 is 1.88 bits per heavy atom. The largest absolute Gasteiger partial charge is 0.368 e. The summed E-state index contributed by atoms with van der Waals surface area (Å²) in [6, 6.07) is 3.09. The van der Waals surface area contributed by atoms with Crippen LogP contribution in [0, 0.1) is 5.92 Å². The highest BCUT2D eigenvalue weighted by Crippen LogP contribution is 2.24. The lowest BCUT2D eigenvalue weighted by Crippen LogP contribution is -2.48. The number of nitrogens with one attached hydrogen (secondary N) is 2. The third-order valence-electron chi connectivity index (χ3n) is 2.99. The number of hydrogen-bond donors (Lipinski definition) is 3. The second-order valence-corrected chi connectivity index (χ2v) is 8.13. The van der Waals surface area contributed by atoms with Crippen molar-refractivity contribution in [2.75, 3.05) is 6.54 Å². The summed E-state index contributed by atoms with van der Waals surface area (Å²) in [5.41, 5.74) is 5.22. The Morgan fingerprint density at radius 1 is 1.25 bits per heavy atom. The van der Waals surface area contributed by atoms with Crippen LogP contribution in [0.2, 0.25) is 10.0 Å². The maximum Gasteiger partial charge on any atom is 0.242 e. The van der Waals surface area contributed by atoms with Crippen molar-refractivity contribution >= 4 is 45.0 Å². The third kappa shape index (κ3) is 6.27. The lowest BCUT2D eigenvalue weighted by Gasteiger charge is -2.17. The number of benzene rings is 1. The topological polar surface area (TPSA) is 118 Å². The van der Waals surface area contributed by atoms with E-state index in [0.29, 0.717) is 6.42 Å². The van der Waals surface area contributed by atoms with Crippen molar-refractivity contribution in [3.8, 4) is 0 Å². The molecule has 0 saturated carbocycles. The van der Waals surface area contributed by atoms with Crippen molar-refractivity contribution in [3.63, 3.8) is 0 Å². The number of rotatable bonds is 8. The van der Waals surface area contributed by atoms with Gasteiger partial charge in [-0.25, -0.2) is 13.1 Å². The fourth-order valence-corrected chi connectivity index (χ4v) is 3.63. The number of sulfonamides is 1. The summed E-state index contributed by atoms with van der Waals surface area (Å²) in [7, 11) is -4.03. The molecule has 7 nitrogen and oxygen atoms in total. The van der Waals surface area contributed by atoms with Crippen molar-refractivity contribution in [3.05, 3.63) is 28.2 Å². The van der Waals surface area contributed by atoms with Crippen molar-refractivity contribution in [1.82, 2.24) is 10.0 Å². The van der Waals surface area contributed by atoms with Gasteiger partial charge in [-0.2, -0.15) is 0 Å². The molecule has 1 aromatic rings.